The third-order valence-corrected chi connectivity index (χ3v) is 20.1. The molecule has 2 aliphatic heterocycles. The molecule has 0 N–H and O–H groups in total. The zero-order valence-electron chi connectivity index (χ0n) is 52.2. The number of aryl methyl sites for hydroxylation is 12. The molecule has 1 aromatic heterocycles. The van der Waals surface area contributed by atoms with Crippen molar-refractivity contribution in [2.24, 2.45) is 0 Å². The number of fused-ring (bicyclic) bond motifs is 3. The predicted molar refractivity (Wildman–Crippen MR) is 379 cm³/mol. The zero-order valence-corrected chi connectivity index (χ0v) is 52.2. The van der Waals surface area contributed by atoms with E-state index in [2.05, 4.69) is 288 Å². The van der Waals surface area contributed by atoms with Gasteiger partial charge in [0, 0.05) is 27.2 Å². The number of rotatable bonds is 8. The first-order valence-electron chi connectivity index (χ1n) is 31.3. The number of nitrogens with zero attached hydrogens (tertiary/aromatic N) is 1. The lowest BCUT2D eigenvalue weighted by atomic mass is 9.30. The Hall–Kier alpha value is -9.43. The molecule has 3 heteroatoms. The normalized spacial score (nSPS) is 12.6. The van der Waals surface area contributed by atoms with Crippen LogP contribution in [0.2, 0.25) is 0 Å². The van der Waals surface area contributed by atoms with E-state index < -0.39 is 0 Å². The molecule has 0 radical (unpaired) electrons. The average Bonchev–Trinajstić information content (AvgIpc) is 1.52. The molecule has 0 aliphatic carbocycles. The SMILES string of the molecule is Cc1cc(C)c(-c2cccc(-c3c(C)cc(C)cc3C)c2B2c3cccc4c3-n3c5c2cc(-c2ccccc2)c2c6ccccc6c6c(-c7ccccc7)cc(c3c6c25)B4c2c(-c3c(C)cc(C)cc3C)cccc2-c2c(C)cc(C)cc2C)c(C)c1. The van der Waals surface area contributed by atoms with Gasteiger partial charge in [0.1, 0.15) is 0 Å². The summed E-state index contributed by atoms with van der Waals surface area (Å²) in [6.07, 6.45) is 0. The Morgan fingerprint density at radius 1 is 0.253 bits per heavy atom. The van der Waals surface area contributed by atoms with Gasteiger partial charge in [-0.1, -0.05) is 233 Å². The monoisotopic (exact) mass is 1110 g/mol. The predicted octanol–water partition coefficient (Wildman–Crippen LogP) is 17.9. The maximum Gasteiger partial charge on any atom is 0.248 e. The second kappa shape index (κ2) is 19.5. The maximum atomic E-state index is 2.81. The van der Waals surface area contributed by atoms with Gasteiger partial charge in [-0.3, -0.25) is 0 Å². The van der Waals surface area contributed by atoms with E-state index in [1.54, 1.807) is 0 Å². The maximum absolute atomic E-state index is 2.81. The molecule has 0 unspecified atom stereocenters. The summed E-state index contributed by atoms with van der Waals surface area (Å²) in [6, 6.07) is 78.5. The van der Waals surface area contributed by atoms with Crippen molar-refractivity contribution in [1.82, 2.24) is 4.57 Å². The Bertz CT molecular complexity index is 4720. The lowest BCUT2D eigenvalue weighted by Gasteiger charge is -2.37. The lowest BCUT2D eigenvalue weighted by molar-refractivity contribution is 1.20. The van der Waals surface area contributed by atoms with Gasteiger partial charge in [0.05, 0.1) is 11.0 Å². The molecule has 1 nitrogen and oxygen atoms in total. The lowest BCUT2D eigenvalue weighted by Crippen LogP contribution is -2.64. The molecule has 16 rings (SSSR count). The Morgan fingerprint density at radius 3 is 0.851 bits per heavy atom. The summed E-state index contributed by atoms with van der Waals surface area (Å²) in [5.74, 6) is 0. The largest absolute Gasteiger partial charge is 0.311 e. The molecule has 416 valence electrons. The highest BCUT2D eigenvalue weighted by Gasteiger charge is 2.46. The molecule has 87 heavy (non-hydrogen) atoms. The van der Waals surface area contributed by atoms with Gasteiger partial charge in [-0.05, 0) is 227 Å². The highest BCUT2D eigenvalue weighted by Crippen LogP contribution is 2.51. The van der Waals surface area contributed by atoms with E-state index in [4.69, 9.17) is 0 Å². The van der Waals surface area contributed by atoms with Crippen LogP contribution in [-0.4, -0.2) is 18.0 Å². The molecular formula is C84H69B2N. The Kier molecular flexibility index (Phi) is 11.9. The smallest absolute Gasteiger partial charge is 0.248 e. The van der Waals surface area contributed by atoms with Crippen molar-refractivity contribution in [2.75, 3.05) is 0 Å². The van der Waals surface area contributed by atoms with Gasteiger partial charge in [-0.2, -0.15) is 0 Å². The van der Waals surface area contributed by atoms with Crippen molar-refractivity contribution in [3.8, 4) is 72.4 Å². The van der Waals surface area contributed by atoms with Gasteiger partial charge in [-0.15, -0.1) is 0 Å². The van der Waals surface area contributed by atoms with E-state index in [1.807, 2.05) is 0 Å². The van der Waals surface area contributed by atoms with E-state index in [0.717, 1.165) is 0 Å². The summed E-state index contributed by atoms with van der Waals surface area (Å²) >= 11 is 0. The fourth-order valence-corrected chi connectivity index (χ4v) is 17.6. The molecule has 13 aromatic carbocycles. The van der Waals surface area contributed by atoms with Crippen LogP contribution in [0.15, 0.2) is 200 Å². The fourth-order valence-electron chi connectivity index (χ4n) is 17.6. The summed E-state index contributed by atoms with van der Waals surface area (Å²) < 4.78 is 2.81. The molecule has 0 bridgehead atoms. The molecular weight excluding hydrogens is 1040 g/mol. The van der Waals surface area contributed by atoms with Crippen molar-refractivity contribution >= 4 is 89.6 Å². The van der Waals surface area contributed by atoms with Crippen LogP contribution >= 0.6 is 0 Å². The quantitative estimate of drug-likeness (QED) is 0.106. The number of para-hydroxylation sites is 1. The van der Waals surface area contributed by atoms with Gasteiger partial charge in [-0.25, -0.2) is 0 Å². The first-order valence-corrected chi connectivity index (χ1v) is 31.3. The topological polar surface area (TPSA) is 4.93 Å². The van der Waals surface area contributed by atoms with Gasteiger partial charge < -0.3 is 4.57 Å². The van der Waals surface area contributed by atoms with E-state index in [-0.39, 0.29) is 13.4 Å². The minimum Gasteiger partial charge on any atom is -0.311 e. The fraction of sp³-hybridized carbons (Fsp3) is 0.143. The van der Waals surface area contributed by atoms with E-state index in [0.29, 0.717) is 0 Å². The van der Waals surface area contributed by atoms with Crippen molar-refractivity contribution in [3.05, 3.63) is 267 Å². The molecule has 0 saturated carbocycles. The highest BCUT2D eigenvalue weighted by atomic mass is 15.0. The van der Waals surface area contributed by atoms with Crippen LogP contribution in [-0.2, 0) is 0 Å². The Morgan fingerprint density at radius 2 is 0.540 bits per heavy atom. The van der Waals surface area contributed by atoms with Crippen LogP contribution in [0.1, 0.15) is 66.8 Å². The van der Waals surface area contributed by atoms with E-state index in [9.17, 15) is 0 Å². The number of hydrogen-bond acceptors (Lipinski definition) is 0. The molecule has 0 amide bonds. The van der Waals surface area contributed by atoms with Crippen LogP contribution in [0, 0.1) is 83.1 Å². The van der Waals surface area contributed by atoms with Crippen LogP contribution in [0.4, 0.5) is 0 Å². The molecule has 0 atom stereocenters. The summed E-state index contributed by atoms with van der Waals surface area (Å²) in [6.45, 7) is 27.3. The zero-order chi connectivity index (χ0) is 59.6. The molecule has 3 heterocycles. The van der Waals surface area contributed by atoms with E-state index >= 15 is 0 Å². The molecule has 14 aromatic rings. The molecule has 0 saturated heterocycles. The van der Waals surface area contributed by atoms with Crippen LogP contribution in [0.5, 0.6) is 0 Å². The van der Waals surface area contributed by atoms with Crippen molar-refractivity contribution in [1.29, 1.82) is 0 Å². The average molecular weight is 1110 g/mol. The van der Waals surface area contributed by atoms with Crippen molar-refractivity contribution in [2.45, 2.75) is 83.1 Å². The van der Waals surface area contributed by atoms with Gasteiger partial charge in [0.2, 0.25) is 13.4 Å². The number of aromatic nitrogens is 1. The van der Waals surface area contributed by atoms with E-state index in [1.165, 1.54) is 215 Å². The summed E-state index contributed by atoms with van der Waals surface area (Å²) in [5, 5.41) is 7.92. The van der Waals surface area contributed by atoms with Crippen molar-refractivity contribution in [3.63, 3.8) is 0 Å². The van der Waals surface area contributed by atoms with Crippen molar-refractivity contribution < 1.29 is 0 Å². The molecule has 0 fully saturated rings. The van der Waals surface area contributed by atoms with Crippen LogP contribution < -0.4 is 32.8 Å². The van der Waals surface area contributed by atoms with Gasteiger partial charge in [0.15, 0.2) is 0 Å². The second-order valence-corrected chi connectivity index (χ2v) is 26.1. The van der Waals surface area contributed by atoms with Crippen LogP contribution in [0.3, 0.4) is 0 Å². The standard InChI is InChI=1S/C84H69B2N/c1-46-36-50(5)72(51(6)37-46)62-30-21-31-63(73-52(7)38-47(2)39-53(73)8)80(62)85-68-34-23-35-69-82(68)87-83-70(85)44-66(58-24-15-13-16-25-58)76-60-28-19-20-29-61(60)77-67(59-26-17-14-18-27-59)45-71(84(87)79(77)78(76)83)86(69)81-64(74-54(9)40-48(3)41-55(74)10)32-22-33-65(81)75-56(11)42-49(4)43-57(75)12/h13-45H,1-12H3. The molecule has 0 spiro atoms. The van der Waals surface area contributed by atoms with Crippen LogP contribution in [0.25, 0.3) is 116 Å². The minimum atomic E-state index is -0.186. The van der Waals surface area contributed by atoms with Gasteiger partial charge >= 0.3 is 0 Å². The summed E-state index contributed by atoms with van der Waals surface area (Å²) in [7, 11) is 0. The second-order valence-electron chi connectivity index (χ2n) is 26.1. The third-order valence-electron chi connectivity index (χ3n) is 20.1. The first-order chi connectivity index (χ1) is 42.2. The Labute approximate surface area is 513 Å². The first kappa shape index (κ1) is 53.1. The summed E-state index contributed by atoms with van der Waals surface area (Å²) in [5.41, 5.74) is 43.1. The number of benzene rings is 13. The highest BCUT2D eigenvalue weighted by molar-refractivity contribution is 7.03. The van der Waals surface area contributed by atoms with Gasteiger partial charge in [0.25, 0.3) is 0 Å². The molecule has 2 aliphatic rings. The third kappa shape index (κ3) is 7.67. The summed E-state index contributed by atoms with van der Waals surface area (Å²) in [4.78, 5) is 0. The minimum absolute atomic E-state index is 0.186. The Balaban J connectivity index is 1.18. The number of hydrogen-bond donors (Lipinski definition) is 0.